The molecule has 0 saturated heterocycles. The number of aromatic nitrogens is 1. The number of ether oxygens (including phenoxy) is 1. The van der Waals surface area contributed by atoms with Gasteiger partial charge in [0.05, 0.1) is 19.2 Å². The molecule has 114 valence electrons. The third-order valence-electron chi connectivity index (χ3n) is 4.01. The Hall–Kier alpha value is -2.36. The van der Waals surface area contributed by atoms with Gasteiger partial charge in [0.15, 0.2) is 0 Å². The van der Waals surface area contributed by atoms with Crippen LogP contribution in [0.15, 0.2) is 41.4 Å². The lowest BCUT2D eigenvalue weighted by atomic mass is 9.95. The Morgan fingerprint density at radius 3 is 2.77 bits per heavy atom. The zero-order chi connectivity index (χ0) is 15.4. The summed E-state index contributed by atoms with van der Waals surface area (Å²) in [6.07, 6.45) is 4.49. The molecule has 0 aliphatic heterocycles. The largest absolute Gasteiger partial charge is 0.480 e. The van der Waals surface area contributed by atoms with Gasteiger partial charge in [0, 0.05) is 5.69 Å². The first-order valence-corrected chi connectivity index (χ1v) is 7.69. The van der Waals surface area contributed by atoms with Crippen molar-refractivity contribution in [1.29, 1.82) is 0 Å². The molecule has 0 atom stereocenters. The molecule has 0 amide bonds. The normalized spacial score (nSPS) is 14.5. The van der Waals surface area contributed by atoms with Gasteiger partial charge in [-0.25, -0.2) is 4.98 Å². The van der Waals surface area contributed by atoms with Gasteiger partial charge in [-0.3, -0.25) is 4.99 Å². The van der Waals surface area contributed by atoms with Crippen LogP contribution >= 0.6 is 0 Å². The summed E-state index contributed by atoms with van der Waals surface area (Å²) in [5.41, 5.74) is 10.5. The third kappa shape index (κ3) is 3.11. The molecule has 1 heterocycles. The number of aryl methyl sites for hydroxylation is 2. The highest BCUT2D eigenvalue weighted by Gasteiger charge is 2.17. The van der Waals surface area contributed by atoms with Crippen LogP contribution in [0, 0.1) is 0 Å². The van der Waals surface area contributed by atoms with Crippen LogP contribution in [0.4, 0.5) is 0 Å². The number of pyridine rings is 1. The average molecular weight is 295 g/mol. The molecule has 4 nitrogen and oxygen atoms in total. The van der Waals surface area contributed by atoms with E-state index in [-0.39, 0.29) is 0 Å². The van der Waals surface area contributed by atoms with Gasteiger partial charge in [-0.15, -0.1) is 0 Å². The first-order chi connectivity index (χ1) is 10.8. The first kappa shape index (κ1) is 14.6. The SMILES string of the molecule is COc1nc2c(cc1C(N)=NCc1ccccc1)CCCC2. The van der Waals surface area contributed by atoms with E-state index >= 15 is 0 Å². The van der Waals surface area contributed by atoms with E-state index in [9.17, 15) is 0 Å². The maximum Gasteiger partial charge on any atom is 0.224 e. The van der Waals surface area contributed by atoms with Crippen molar-refractivity contribution in [3.63, 3.8) is 0 Å². The second-order valence-corrected chi connectivity index (χ2v) is 5.55. The van der Waals surface area contributed by atoms with Gasteiger partial charge in [0.1, 0.15) is 5.84 Å². The van der Waals surface area contributed by atoms with Crippen molar-refractivity contribution < 1.29 is 4.74 Å². The van der Waals surface area contributed by atoms with E-state index in [1.165, 1.54) is 18.4 Å². The fourth-order valence-electron chi connectivity index (χ4n) is 2.80. The molecule has 1 aromatic carbocycles. The number of methoxy groups -OCH3 is 1. The molecule has 0 radical (unpaired) electrons. The molecule has 0 fully saturated rings. The Balaban J connectivity index is 1.89. The van der Waals surface area contributed by atoms with E-state index in [1.807, 2.05) is 30.3 Å². The summed E-state index contributed by atoms with van der Waals surface area (Å²) in [6, 6.07) is 12.2. The molecule has 0 unspecified atom stereocenters. The fourth-order valence-corrected chi connectivity index (χ4v) is 2.80. The minimum atomic E-state index is 0.488. The van der Waals surface area contributed by atoms with E-state index in [2.05, 4.69) is 16.0 Å². The zero-order valence-electron chi connectivity index (χ0n) is 12.9. The number of nitrogens with zero attached hydrogens (tertiary/aromatic N) is 2. The van der Waals surface area contributed by atoms with E-state index in [4.69, 9.17) is 10.5 Å². The number of hydrogen-bond donors (Lipinski definition) is 1. The predicted octanol–water partition coefficient (Wildman–Crippen LogP) is 2.87. The molecule has 4 heteroatoms. The van der Waals surface area contributed by atoms with E-state index in [0.29, 0.717) is 18.3 Å². The number of fused-ring (bicyclic) bond motifs is 1. The van der Waals surface area contributed by atoms with Crippen LogP contribution < -0.4 is 10.5 Å². The molecule has 2 N–H and O–H groups in total. The molecule has 1 aliphatic carbocycles. The highest BCUT2D eigenvalue weighted by molar-refractivity contribution is 5.99. The number of amidine groups is 1. The van der Waals surface area contributed by atoms with E-state index in [0.717, 1.165) is 29.7 Å². The molecule has 22 heavy (non-hydrogen) atoms. The summed E-state index contributed by atoms with van der Waals surface area (Å²) in [7, 11) is 1.63. The standard InChI is InChI=1S/C18H21N3O/c1-22-18-15(11-14-9-5-6-10-16(14)21-18)17(19)20-12-13-7-3-2-4-8-13/h2-4,7-8,11H,5-6,9-10,12H2,1H3,(H2,19,20). The second kappa shape index (κ2) is 6.60. The lowest BCUT2D eigenvalue weighted by molar-refractivity contribution is 0.393. The number of benzene rings is 1. The van der Waals surface area contributed by atoms with Gasteiger partial charge in [-0.05, 0) is 42.9 Å². The van der Waals surface area contributed by atoms with Gasteiger partial charge in [-0.1, -0.05) is 30.3 Å². The van der Waals surface area contributed by atoms with Crippen molar-refractivity contribution in [3.05, 3.63) is 58.8 Å². The molecular formula is C18H21N3O. The highest BCUT2D eigenvalue weighted by Crippen LogP contribution is 2.25. The monoisotopic (exact) mass is 295 g/mol. The zero-order valence-corrected chi connectivity index (χ0v) is 12.9. The van der Waals surface area contributed by atoms with Crippen molar-refractivity contribution in [2.24, 2.45) is 10.7 Å². The number of nitrogens with two attached hydrogens (primary N) is 1. The number of rotatable bonds is 4. The fraction of sp³-hybridized carbons (Fsp3) is 0.333. The molecule has 0 spiro atoms. The van der Waals surface area contributed by atoms with Gasteiger partial charge < -0.3 is 10.5 Å². The lowest BCUT2D eigenvalue weighted by Crippen LogP contribution is -2.18. The summed E-state index contributed by atoms with van der Waals surface area (Å²) in [4.78, 5) is 9.12. The summed E-state index contributed by atoms with van der Waals surface area (Å²) < 4.78 is 5.41. The minimum Gasteiger partial charge on any atom is -0.480 e. The topological polar surface area (TPSA) is 60.5 Å². The van der Waals surface area contributed by atoms with Crippen molar-refractivity contribution in [3.8, 4) is 5.88 Å². The average Bonchev–Trinajstić information content (AvgIpc) is 2.59. The van der Waals surface area contributed by atoms with Crippen LogP contribution in [0.2, 0.25) is 0 Å². The maximum absolute atomic E-state index is 6.18. The van der Waals surface area contributed by atoms with Crippen LogP contribution in [0.1, 0.15) is 35.2 Å². The molecule has 0 bridgehead atoms. The first-order valence-electron chi connectivity index (χ1n) is 7.69. The number of aliphatic imine (C=N–C) groups is 1. The molecule has 1 aliphatic rings. The number of hydrogen-bond acceptors (Lipinski definition) is 3. The van der Waals surface area contributed by atoms with Crippen LogP contribution in [-0.2, 0) is 19.4 Å². The van der Waals surface area contributed by atoms with E-state index in [1.54, 1.807) is 7.11 Å². The maximum atomic E-state index is 6.18. The summed E-state index contributed by atoms with van der Waals surface area (Å²) in [5, 5.41) is 0. The predicted molar refractivity (Wildman–Crippen MR) is 88.3 cm³/mol. The Labute approximate surface area is 131 Å². The molecule has 2 aromatic rings. The van der Waals surface area contributed by atoms with Crippen LogP contribution in [0.3, 0.4) is 0 Å². The molecule has 3 rings (SSSR count). The van der Waals surface area contributed by atoms with Crippen molar-refractivity contribution in [2.75, 3.05) is 7.11 Å². The molecular weight excluding hydrogens is 274 g/mol. The second-order valence-electron chi connectivity index (χ2n) is 5.55. The third-order valence-corrected chi connectivity index (χ3v) is 4.01. The summed E-state index contributed by atoms with van der Waals surface area (Å²) in [5.74, 6) is 1.07. The summed E-state index contributed by atoms with van der Waals surface area (Å²) in [6.45, 7) is 0.562. The van der Waals surface area contributed by atoms with Gasteiger partial charge in [-0.2, -0.15) is 0 Å². The van der Waals surface area contributed by atoms with E-state index < -0.39 is 0 Å². The lowest BCUT2D eigenvalue weighted by Gasteiger charge is -2.17. The van der Waals surface area contributed by atoms with Crippen LogP contribution in [0.5, 0.6) is 5.88 Å². The minimum absolute atomic E-state index is 0.488. The van der Waals surface area contributed by atoms with Crippen molar-refractivity contribution in [1.82, 2.24) is 4.98 Å². The molecule has 0 saturated carbocycles. The highest BCUT2D eigenvalue weighted by atomic mass is 16.5. The Kier molecular flexibility index (Phi) is 4.37. The molecule has 1 aromatic heterocycles. The van der Waals surface area contributed by atoms with Crippen molar-refractivity contribution in [2.45, 2.75) is 32.2 Å². The van der Waals surface area contributed by atoms with Crippen LogP contribution in [0.25, 0.3) is 0 Å². The smallest absolute Gasteiger partial charge is 0.224 e. The van der Waals surface area contributed by atoms with Crippen LogP contribution in [-0.4, -0.2) is 17.9 Å². The van der Waals surface area contributed by atoms with Gasteiger partial charge in [0.25, 0.3) is 0 Å². The summed E-state index contributed by atoms with van der Waals surface area (Å²) >= 11 is 0. The van der Waals surface area contributed by atoms with Gasteiger partial charge >= 0.3 is 0 Å². The van der Waals surface area contributed by atoms with Gasteiger partial charge in [0.2, 0.25) is 5.88 Å². The Morgan fingerprint density at radius 2 is 2.00 bits per heavy atom. The quantitative estimate of drug-likeness (QED) is 0.697. The van der Waals surface area contributed by atoms with Crippen molar-refractivity contribution >= 4 is 5.84 Å². The Bertz CT molecular complexity index is 680. The Morgan fingerprint density at radius 1 is 1.23 bits per heavy atom.